The zero-order valence-electron chi connectivity index (χ0n) is 16.5. The number of benzene rings is 2. The van der Waals surface area contributed by atoms with Gasteiger partial charge in [0.15, 0.2) is 0 Å². The van der Waals surface area contributed by atoms with E-state index in [2.05, 4.69) is 27.8 Å². The van der Waals surface area contributed by atoms with Crippen LogP contribution in [-0.4, -0.2) is 19.7 Å². The number of aromatic nitrogens is 4. The van der Waals surface area contributed by atoms with Crippen molar-refractivity contribution in [2.24, 2.45) is 7.05 Å². The summed E-state index contributed by atoms with van der Waals surface area (Å²) in [7, 11) is 1.88. The van der Waals surface area contributed by atoms with Crippen molar-refractivity contribution in [3.8, 4) is 22.9 Å². The minimum Gasteiger partial charge on any atom is -0.439 e. The highest BCUT2D eigenvalue weighted by Crippen LogP contribution is 2.30. The number of aryl methyl sites for hydroxylation is 3. The third-order valence-corrected chi connectivity index (χ3v) is 5.10. The van der Waals surface area contributed by atoms with Gasteiger partial charge in [-0.3, -0.25) is 9.40 Å². The molecule has 0 saturated heterocycles. The summed E-state index contributed by atoms with van der Waals surface area (Å²) in [6.07, 6.45) is 3.71. The van der Waals surface area contributed by atoms with E-state index in [4.69, 9.17) is 9.72 Å². The average molecular weight is 404 g/mol. The first kappa shape index (κ1) is 19.0. The standard InChI is InChI=1S/C22H21N5OS/c1-15-8-4-6-10-18(15)19-12-21(28-20-11-7-5-9-16(20)2)25-22(24-19)26-29-17-13-23-27(3)14-17/h4-14H,1-3H3,(H,24,25,26). The number of nitrogens with one attached hydrogen (secondary N) is 1. The summed E-state index contributed by atoms with van der Waals surface area (Å²) < 4.78 is 11.0. The van der Waals surface area contributed by atoms with Crippen LogP contribution in [0.3, 0.4) is 0 Å². The Bertz CT molecular complexity index is 1140. The van der Waals surface area contributed by atoms with E-state index in [0.29, 0.717) is 11.8 Å². The maximum absolute atomic E-state index is 6.09. The minimum atomic E-state index is 0.475. The number of hydrogen-bond donors (Lipinski definition) is 1. The third-order valence-electron chi connectivity index (χ3n) is 4.37. The first-order valence-electron chi connectivity index (χ1n) is 9.18. The second-order valence-corrected chi connectivity index (χ2v) is 7.53. The molecule has 2 aromatic carbocycles. The van der Waals surface area contributed by atoms with E-state index >= 15 is 0 Å². The van der Waals surface area contributed by atoms with Crippen LogP contribution in [0.25, 0.3) is 11.3 Å². The molecular weight excluding hydrogens is 382 g/mol. The molecule has 6 nitrogen and oxygen atoms in total. The maximum Gasteiger partial charge on any atom is 0.237 e. The van der Waals surface area contributed by atoms with Crippen LogP contribution >= 0.6 is 11.9 Å². The van der Waals surface area contributed by atoms with Gasteiger partial charge in [-0.05, 0) is 43.0 Å². The molecule has 0 radical (unpaired) electrons. The Balaban J connectivity index is 1.68. The van der Waals surface area contributed by atoms with Gasteiger partial charge < -0.3 is 4.74 Å². The average Bonchev–Trinajstić information content (AvgIpc) is 3.14. The van der Waals surface area contributed by atoms with Crippen molar-refractivity contribution >= 4 is 17.9 Å². The summed E-state index contributed by atoms with van der Waals surface area (Å²) in [4.78, 5) is 10.2. The van der Waals surface area contributed by atoms with Gasteiger partial charge in [-0.1, -0.05) is 42.5 Å². The summed E-state index contributed by atoms with van der Waals surface area (Å²) in [6.45, 7) is 4.08. The van der Waals surface area contributed by atoms with Gasteiger partial charge in [0, 0.05) is 24.9 Å². The van der Waals surface area contributed by atoms with Crippen molar-refractivity contribution in [1.29, 1.82) is 0 Å². The Hall–Kier alpha value is -3.32. The molecule has 146 valence electrons. The molecule has 4 aromatic rings. The number of anilines is 1. The number of rotatable bonds is 6. The van der Waals surface area contributed by atoms with Crippen LogP contribution in [0, 0.1) is 13.8 Å². The first-order valence-corrected chi connectivity index (χ1v) is 10.0. The maximum atomic E-state index is 6.09. The number of nitrogens with zero attached hydrogens (tertiary/aromatic N) is 4. The molecule has 0 saturated carbocycles. The Morgan fingerprint density at radius 3 is 2.45 bits per heavy atom. The van der Waals surface area contributed by atoms with E-state index in [1.807, 2.05) is 68.7 Å². The summed E-state index contributed by atoms with van der Waals surface area (Å²) in [5, 5.41) is 4.18. The Morgan fingerprint density at radius 1 is 0.966 bits per heavy atom. The molecule has 1 N–H and O–H groups in total. The summed E-state index contributed by atoms with van der Waals surface area (Å²) in [5.41, 5.74) is 4.02. The van der Waals surface area contributed by atoms with Crippen LogP contribution in [0.2, 0.25) is 0 Å². The third kappa shape index (κ3) is 4.57. The smallest absolute Gasteiger partial charge is 0.237 e. The molecule has 0 unspecified atom stereocenters. The fraction of sp³-hybridized carbons (Fsp3) is 0.136. The van der Waals surface area contributed by atoms with Gasteiger partial charge in [-0.25, -0.2) is 4.98 Å². The largest absolute Gasteiger partial charge is 0.439 e. The van der Waals surface area contributed by atoms with E-state index in [1.54, 1.807) is 10.9 Å². The minimum absolute atomic E-state index is 0.475. The summed E-state index contributed by atoms with van der Waals surface area (Å²) in [6, 6.07) is 17.9. The van der Waals surface area contributed by atoms with Crippen molar-refractivity contribution in [3.05, 3.63) is 78.1 Å². The van der Waals surface area contributed by atoms with Gasteiger partial charge in [0.2, 0.25) is 11.8 Å². The van der Waals surface area contributed by atoms with Crippen molar-refractivity contribution in [3.63, 3.8) is 0 Å². The normalized spacial score (nSPS) is 10.7. The highest BCUT2D eigenvalue weighted by molar-refractivity contribution is 8.00. The lowest BCUT2D eigenvalue weighted by atomic mass is 10.1. The molecular formula is C22H21N5OS. The Kier molecular flexibility index (Phi) is 5.48. The Morgan fingerprint density at radius 2 is 1.72 bits per heavy atom. The fourth-order valence-electron chi connectivity index (χ4n) is 2.86. The highest BCUT2D eigenvalue weighted by Gasteiger charge is 2.12. The molecule has 0 fully saturated rings. The fourth-order valence-corrected chi connectivity index (χ4v) is 3.47. The van der Waals surface area contributed by atoms with E-state index in [1.165, 1.54) is 11.9 Å². The second-order valence-electron chi connectivity index (χ2n) is 6.65. The highest BCUT2D eigenvalue weighted by atomic mass is 32.2. The number of para-hydroxylation sites is 1. The molecule has 7 heteroatoms. The molecule has 0 amide bonds. The van der Waals surface area contributed by atoms with E-state index in [9.17, 15) is 0 Å². The summed E-state index contributed by atoms with van der Waals surface area (Å²) in [5.74, 6) is 1.73. The van der Waals surface area contributed by atoms with Crippen LogP contribution in [0.15, 0.2) is 71.9 Å². The molecule has 2 heterocycles. The molecule has 0 spiro atoms. The molecule has 0 aliphatic rings. The molecule has 0 aliphatic carbocycles. The lowest BCUT2D eigenvalue weighted by Gasteiger charge is -2.12. The molecule has 4 rings (SSSR count). The molecule has 0 aliphatic heterocycles. The van der Waals surface area contributed by atoms with Gasteiger partial charge in [-0.2, -0.15) is 10.1 Å². The van der Waals surface area contributed by atoms with E-state index in [-0.39, 0.29) is 0 Å². The van der Waals surface area contributed by atoms with Gasteiger partial charge in [0.1, 0.15) is 5.75 Å². The van der Waals surface area contributed by atoms with Gasteiger partial charge in [0.05, 0.1) is 16.8 Å². The zero-order chi connectivity index (χ0) is 20.2. The zero-order valence-corrected chi connectivity index (χ0v) is 17.3. The van der Waals surface area contributed by atoms with Crippen LogP contribution in [0.4, 0.5) is 5.95 Å². The van der Waals surface area contributed by atoms with Crippen molar-refractivity contribution in [2.45, 2.75) is 18.7 Å². The topological polar surface area (TPSA) is 64.9 Å². The SMILES string of the molecule is Cc1ccccc1Oc1cc(-c2ccccc2C)nc(NSc2cnn(C)c2)n1. The predicted octanol–water partition coefficient (Wildman–Crippen LogP) is 5.41. The molecule has 29 heavy (non-hydrogen) atoms. The van der Waals surface area contributed by atoms with E-state index < -0.39 is 0 Å². The van der Waals surface area contributed by atoms with Gasteiger partial charge in [0.25, 0.3) is 0 Å². The van der Waals surface area contributed by atoms with Crippen molar-refractivity contribution in [2.75, 3.05) is 4.72 Å². The van der Waals surface area contributed by atoms with Crippen molar-refractivity contribution in [1.82, 2.24) is 19.7 Å². The van der Waals surface area contributed by atoms with Crippen LogP contribution in [-0.2, 0) is 7.05 Å². The van der Waals surface area contributed by atoms with Crippen LogP contribution < -0.4 is 9.46 Å². The number of ether oxygens (including phenoxy) is 1. The lowest BCUT2D eigenvalue weighted by Crippen LogP contribution is -2.00. The molecule has 0 atom stereocenters. The molecule has 2 aromatic heterocycles. The number of hydrogen-bond acceptors (Lipinski definition) is 6. The quantitative estimate of drug-likeness (QED) is 0.435. The molecule has 0 bridgehead atoms. The first-order chi connectivity index (χ1) is 14.1. The lowest BCUT2D eigenvalue weighted by molar-refractivity contribution is 0.459. The van der Waals surface area contributed by atoms with Gasteiger partial charge in [-0.15, -0.1) is 0 Å². The predicted molar refractivity (Wildman–Crippen MR) is 116 cm³/mol. The Labute approximate surface area is 174 Å². The van der Waals surface area contributed by atoms with Crippen LogP contribution in [0.1, 0.15) is 11.1 Å². The second kappa shape index (κ2) is 8.36. The van der Waals surface area contributed by atoms with Crippen LogP contribution in [0.5, 0.6) is 11.6 Å². The van der Waals surface area contributed by atoms with E-state index in [0.717, 1.165) is 33.0 Å². The van der Waals surface area contributed by atoms with Crippen molar-refractivity contribution < 1.29 is 4.74 Å². The summed E-state index contributed by atoms with van der Waals surface area (Å²) >= 11 is 1.41. The monoisotopic (exact) mass is 403 g/mol. The van der Waals surface area contributed by atoms with Gasteiger partial charge >= 0.3 is 0 Å².